The molecule has 2 aromatic rings. The largest absolute Gasteiger partial charge is 0.232 e. The molecule has 0 bridgehead atoms. The monoisotopic (exact) mass is 350 g/mol. The van der Waals surface area contributed by atoms with E-state index in [9.17, 15) is 0 Å². The number of halogens is 4. The van der Waals surface area contributed by atoms with Gasteiger partial charge in [-0.25, -0.2) is 9.97 Å². The highest BCUT2D eigenvalue weighted by molar-refractivity contribution is 9.10. The van der Waals surface area contributed by atoms with Gasteiger partial charge in [0.15, 0.2) is 5.82 Å². The molecule has 6 heteroatoms. The summed E-state index contributed by atoms with van der Waals surface area (Å²) in [6.07, 6.45) is 0. The summed E-state index contributed by atoms with van der Waals surface area (Å²) in [6, 6.07) is 5.23. The molecule has 0 amide bonds. The predicted octanol–water partition coefficient (Wildman–Crippen LogP) is 5.17. The number of rotatable bonds is 1. The van der Waals surface area contributed by atoms with Crippen molar-refractivity contribution in [3.63, 3.8) is 0 Å². The summed E-state index contributed by atoms with van der Waals surface area (Å²) in [5.74, 6) is 0.423. The number of benzene rings is 1. The molecule has 88 valence electrons. The van der Waals surface area contributed by atoms with Crippen molar-refractivity contribution in [2.75, 3.05) is 0 Å². The van der Waals surface area contributed by atoms with Crippen LogP contribution in [0.2, 0.25) is 15.2 Å². The molecule has 0 atom stereocenters. The molecule has 1 aromatic heterocycles. The third-order valence-corrected chi connectivity index (χ3v) is 4.24. The van der Waals surface area contributed by atoms with Crippen molar-refractivity contribution >= 4 is 50.7 Å². The minimum atomic E-state index is 0.337. The van der Waals surface area contributed by atoms with Gasteiger partial charge >= 0.3 is 0 Å². The van der Waals surface area contributed by atoms with E-state index in [1.54, 1.807) is 18.2 Å². The zero-order chi connectivity index (χ0) is 12.6. The van der Waals surface area contributed by atoms with E-state index in [0.717, 1.165) is 5.69 Å². The highest BCUT2D eigenvalue weighted by atomic mass is 79.9. The summed E-state index contributed by atoms with van der Waals surface area (Å²) >= 11 is 21.5. The fraction of sp³-hybridized carbons (Fsp3) is 0.0909. The Hall–Kier alpha value is -0.350. The molecule has 0 aliphatic carbocycles. The van der Waals surface area contributed by atoms with Gasteiger partial charge in [-0.2, -0.15) is 0 Å². The van der Waals surface area contributed by atoms with Crippen molar-refractivity contribution in [2.45, 2.75) is 6.92 Å². The van der Waals surface area contributed by atoms with Crippen LogP contribution >= 0.6 is 50.7 Å². The second-order valence-corrected chi connectivity index (χ2v) is 5.30. The maximum Gasteiger partial charge on any atom is 0.164 e. The van der Waals surface area contributed by atoms with Crippen LogP contribution in [-0.4, -0.2) is 9.97 Å². The van der Waals surface area contributed by atoms with E-state index in [2.05, 4.69) is 25.9 Å². The van der Waals surface area contributed by atoms with Crippen molar-refractivity contribution in [3.05, 3.63) is 43.6 Å². The second kappa shape index (κ2) is 5.11. The number of hydrogen-bond acceptors (Lipinski definition) is 2. The Morgan fingerprint density at radius 2 is 1.65 bits per heavy atom. The molecular weight excluding hydrogens is 346 g/mol. The van der Waals surface area contributed by atoms with E-state index in [1.165, 1.54) is 0 Å². The van der Waals surface area contributed by atoms with Gasteiger partial charge in [-0.15, -0.1) is 0 Å². The van der Waals surface area contributed by atoms with Crippen molar-refractivity contribution in [1.82, 2.24) is 9.97 Å². The van der Waals surface area contributed by atoms with Crippen LogP contribution in [0.4, 0.5) is 0 Å². The van der Waals surface area contributed by atoms with Crippen LogP contribution in [0, 0.1) is 6.92 Å². The van der Waals surface area contributed by atoms with Crippen molar-refractivity contribution < 1.29 is 0 Å². The molecule has 0 saturated carbocycles. The molecule has 0 aliphatic heterocycles. The lowest BCUT2D eigenvalue weighted by molar-refractivity contribution is 1.09. The smallest absolute Gasteiger partial charge is 0.164 e. The van der Waals surface area contributed by atoms with E-state index in [1.807, 2.05) is 6.92 Å². The Balaban J connectivity index is 2.69. The van der Waals surface area contributed by atoms with E-state index in [4.69, 9.17) is 34.8 Å². The minimum Gasteiger partial charge on any atom is -0.232 e. The van der Waals surface area contributed by atoms with E-state index < -0.39 is 0 Å². The molecule has 0 spiro atoms. The lowest BCUT2D eigenvalue weighted by atomic mass is 10.2. The predicted molar refractivity (Wildman–Crippen MR) is 74.9 cm³/mol. The van der Waals surface area contributed by atoms with Crippen LogP contribution in [0.5, 0.6) is 0 Å². The highest BCUT2D eigenvalue weighted by Gasteiger charge is 2.14. The summed E-state index contributed by atoms with van der Waals surface area (Å²) in [6.45, 7) is 1.83. The average Bonchev–Trinajstić information content (AvgIpc) is 2.25. The van der Waals surface area contributed by atoms with Crippen LogP contribution < -0.4 is 0 Å². The molecule has 0 radical (unpaired) electrons. The van der Waals surface area contributed by atoms with Gasteiger partial charge in [0.25, 0.3) is 0 Å². The molecule has 1 aromatic carbocycles. The highest BCUT2D eigenvalue weighted by Crippen LogP contribution is 2.34. The first kappa shape index (κ1) is 13.1. The van der Waals surface area contributed by atoms with E-state index >= 15 is 0 Å². The van der Waals surface area contributed by atoms with Gasteiger partial charge in [-0.1, -0.05) is 40.9 Å². The van der Waals surface area contributed by atoms with Gasteiger partial charge in [0.05, 0.1) is 25.8 Å². The Morgan fingerprint density at radius 3 is 2.18 bits per heavy atom. The van der Waals surface area contributed by atoms with Crippen LogP contribution in [0.3, 0.4) is 0 Å². The van der Waals surface area contributed by atoms with Gasteiger partial charge in [0.1, 0.15) is 5.15 Å². The zero-order valence-electron chi connectivity index (χ0n) is 8.64. The molecule has 0 N–H and O–H groups in total. The summed E-state index contributed by atoms with van der Waals surface area (Å²) in [5.41, 5.74) is 1.32. The van der Waals surface area contributed by atoms with Crippen molar-refractivity contribution in [3.8, 4) is 11.4 Å². The van der Waals surface area contributed by atoms with Gasteiger partial charge in [-0.3, -0.25) is 0 Å². The van der Waals surface area contributed by atoms with Crippen LogP contribution in [0.1, 0.15) is 5.69 Å². The minimum absolute atomic E-state index is 0.337. The Kier molecular flexibility index (Phi) is 3.93. The normalized spacial score (nSPS) is 10.6. The Morgan fingerprint density at radius 1 is 1.06 bits per heavy atom. The third-order valence-electron chi connectivity index (χ3n) is 2.16. The van der Waals surface area contributed by atoms with Crippen LogP contribution in [-0.2, 0) is 0 Å². The molecule has 0 fully saturated rings. The quantitative estimate of drug-likeness (QED) is 0.661. The summed E-state index contributed by atoms with van der Waals surface area (Å²) in [4.78, 5) is 8.48. The molecule has 0 aliphatic rings. The van der Waals surface area contributed by atoms with E-state index in [0.29, 0.717) is 31.1 Å². The van der Waals surface area contributed by atoms with Gasteiger partial charge in [-0.05, 0) is 35.0 Å². The molecule has 2 rings (SSSR count). The fourth-order valence-electron chi connectivity index (χ4n) is 1.35. The lowest BCUT2D eigenvalue weighted by Gasteiger charge is -2.08. The third kappa shape index (κ3) is 2.58. The molecule has 0 saturated heterocycles. The maximum atomic E-state index is 6.09. The first-order valence-electron chi connectivity index (χ1n) is 4.64. The standard InChI is InChI=1S/C11H6BrCl3N2/c1-5-9(12)10(15)17-11(16-5)8-6(13)3-2-4-7(8)14/h2-4H,1H3. The fourth-order valence-corrected chi connectivity index (χ4v) is 2.31. The number of hydrogen-bond donors (Lipinski definition) is 0. The van der Waals surface area contributed by atoms with Crippen molar-refractivity contribution in [1.29, 1.82) is 0 Å². The summed E-state index contributed by atoms with van der Waals surface area (Å²) in [5, 5.41) is 1.33. The average molecular weight is 352 g/mol. The Bertz CT molecular complexity index is 544. The van der Waals surface area contributed by atoms with Gasteiger partial charge in [0.2, 0.25) is 0 Å². The number of nitrogens with zero attached hydrogens (tertiary/aromatic N) is 2. The zero-order valence-corrected chi connectivity index (χ0v) is 12.5. The van der Waals surface area contributed by atoms with E-state index in [-0.39, 0.29) is 0 Å². The van der Waals surface area contributed by atoms with Crippen LogP contribution in [0.15, 0.2) is 22.7 Å². The first-order valence-corrected chi connectivity index (χ1v) is 6.57. The molecule has 2 nitrogen and oxygen atoms in total. The summed E-state index contributed by atoms with van der Waals surface area (Å²) in [7, 11) is 0. The number of aryl methyl sites for hydroxylation is 1. The lowest BCUT2D eigenvalue weighted by Crippen LogP contribution is -1.95. The molecular formula is C11H6BrCl3N2. The van der Waals surface area contributed by atoms with Crippen LogP contribution in [0.25, 0.3) is 11.4 Å². The Labute approximate surface area is 122 Å². The van der Waals surface area contributed by atoms with Gasteiger partial charge in [0, 0.05) is 0 Å². The van der Waals surface area contributed by atoms with Crippen molar-refractivity contribution in [2.24, 2.45) is 0 Å². The van der Waals surface area contributed by atoms with Gasteiger partial charge < -0.3 is 0 Å². The number of aromatic nitrogens is 2. The summed E-state index contributed by atoms with van der Waals surface area (Å²) < 4.78 is 0.672. The maximum absolute atomic E-state index is 6.09. The molecule has 0 unspecified atom stereocenters. The molecule has 1 heterocycles. The first-order chi connectivity index (χ1) is 8.00. The SMILES string of the molecule is Cc1nc(-c2c(Cl)cccc2Cl)nc(Cl)c1Br. The molecule has 17 heavy (non-hydrogen) atoms. The second-order valence-electron chi connectivity index (χ2n) is 3.33. The topological polar surface area (TPSA) is 25.8 Å².